The van der Waals surface area contributed by atoms with Crippen molar-refractivity contribution in [2.45, 2.75) is 43.4 Å². The molecule has 0 aromatic carbocycles. The molecule has 1 aliphatic heterocycles. The van der Waals surface area contributed by atoms with Gasteiger partial charge in [-0.2, -0.15) is 0 Å². The van der Waals surface area contributed by atoms with E-state index in [1.807, 2.05) is 13.0 Å². The van der Waals surface area contributed by atoms with Crippen LogP contribution < -0.4 is 5.32 Å². The maximum absolute atomic E-state index is 11.9. The second-order valence-electron chi connectivity index (χ2n) is 5.74. The van der Waals surface area contributed by atoms with Gasteiger partial charge in [0.25, 0.3) is 0 Å². The van der Waals surface area contributed by atoms with Gasteiger partial charge in [0.2, 0.25) is 0 Å². The van der Waals surface area contributed by atoms with Crippen molar-refractivity contribution in [2.24, 2.45) is 0 Å². The lowest BCUT2D eigenvalue weighted by Crippen LogP contribution is -2.51. The molecule has 1 aromatic rings. The molecule has 0 radical (unpaired) electrons. The van der Waals surface area contributed by atoms with Crippen LogP contribution in [-0.4, -0.2) is 56.0 Å². The highest BCUT2D eigenvalue weighted by Crippen LogP contribution is 2.31. The summed E-state index contributed by atoms with van der Waals surface area (Å²) in [4.78, 5) is 25.6. The van der Waals surface area contributed by atoms with E-state index in [-0.39, 0.29) is 28.7 Å². The number of carbonyl (C=O) groups excluding carboxylic acids is 2. The number of hydrogen-bond donors (Lipinski definition) is 1. The third-order valence-electron chi connectivity index (χ3n) is 4.04. The number of thioether (sulfide) groups is 1. The van der Waals surface area contributed by atoms with Crippen molar-refractivity contribution in [3.63, 3.8) is 0 Å². The van der Waals surface area contributed by atoms with Gasteiger partial charge in [-0.1, -0.05) is 0 Å². The van der Waals surface area contributed by atoms with E-state index in [1.54, 1.807) is 25.8 Å². The van der Waals surface area contributed by atoms with Gasteiger partial charge >= 0.3 is 11.9 Å². The third kappa shape index (κ3) is 5.20. The SMILES string of the molecule is CCOC(=O)c1cc(C)c(CC[C@H]2CNC(OC)C(C(=O)OC)S2)s1. The fourth-order valence-electron chi connectivity index (χ4n) is 2.72. The minimum Gasteiger partial charge on any atom is -0.468 e. The summed E-state index contributed by atoms with van der Waals surface area (Å²) in [6.07, 6.45) is 1.44. The topological polar surface area (TPSA) is 73.9 Å². The predicted molar refractivity (Wildman–Crippen MR) is 99.3 cm³/mol. The molecule has 0 saturated carbocycles. The quantitative estimate of drug-likeness (QED) is 0.720. The Balaban J connectivity index is 1.95. The molecule has 25 heavy (non-hydrogen) atoms. The van der Waals surface area contributed by atoms with Crippen LogP contribution in [0.15, 0.2) is 6.07 Å². The summed E-state index contributed by atoms with van der Waals surface area (Å²) in [5, 5.41) is 3.17. The number of nitrogens with one attached hydrogen (secondary N) is 1. The zero-order valence-electron chi connectivity index (χ0n) is 15.0. The van der Waals surface area contributed by atoms with E-state index in [0.29, 0.717) is 11.5 Å². The predicted octanol–water partition coefficient (Wildman–Crippen LogP) is 2.38. The molecule has 2 unspecified atom stereocenters. The molecule has 0 spiro atoms. The summed E-state index contributed by atoms with van der Waals surface area (Å²) in [7, 11) is 2.98. The van der Waals surface area contributed by atoms with Crippen molar-refractivity contribution < 1.29 is 23.8 Å². The number of rotatable bonds is 7. The lowest BCUT2D eigenvalue weighted by Gasteiger charge is -2.34. The summed E-state index contributed by atoms with van der Waals surface area (Å²) in [5.41, 5.74) is 1.11. The van der Waals surface area contributed by atoms with Crippen LogP contribution in [0, 0.1) is 6.92 Å². The van der Waals surface area contributed by atoms with E-state index in [2.05, 4.69) is 5.32 Å². The number of carbonyl (C=O) groups is 2. The minimum atomic E-state index is -0.367. The molecule has 0 amide bonds. The van der Waals surface area contributed by atoms with Crippen LogP contribution in [0.3, 0.4) is 0 Å². The number of ether oxygens (including phenoxy) is 3. The molecular formula is C17H25NO5S2. The normalized spacial score (nSPS) is 23.3. The van der Waals surface area contributed by atoms with Crippen molar-refractivity contribution in [3.8, 4) is 0 Å². The zero-order valence-corrected chi connectivity index (χ0v) is 16.6. The highest BCUT2D eigenvalue weighted by molar-refractivity contribution is 8.01. The maximum Gasteiger partial charge on any atom is 0.348 e. The van der Waals surface area contributed by atoms with Crippen molar-refractivity contribution in [3.05, 3.63) is 21.4 Å². The van der Waals surface area contributed by atoms with Crippen LogP contribution in [0.5, 0.6) is 0 Å². The van der Waals surface area contributed by atoms with E-state index < -0.39 is 0 Å². The number of thiophene rings is 1. The second kappa shape index (κ2) is 9.56. The Labute approximate surface area is 156 Å². The monoisotopic (exact) mass is 387 g/mol. The Morgan fingerprint density at radius 3 is 2.76 bits per heavy atom. The number of aryl methyl sites for hydroxylation is 2. The summed E-state index contributed by atoms with van der Waals surface area (Å²) < 4.78 is 15.3. The molecule has 2 rings (SSSR count). The van der Waals surface area contributed by atoms with Gasteiger partial charge in [0, 0.05) is 23.8 Å². The van der Waals surface area contributed by atoms with Crippen LogP contribution in [0.1, 0.15) is 33.5 Å². The van der Waals surface area contributed by atoms with Crippen molar-refractivity contribution >= 4 is 35.0 Å². The van der Waals surface area contributed by atoms with E-state index in [0.717, 1.165) is 24.9 Å². The van der Waals surface area contributed by atoms with E-state index >= 15 is 0 Å². The molecule has 0 bridgehead atoms. The summed E-state index contributed by atoms with van der Waals surface area (Å²) in [6.45, 7) is 4.97. The van der Waals surface area contributed by atoms with Gasteiger partial charge in [0.1, 0.15) is 16.4 Å². The fraction of sp³-hybridized carbons (Fsp3) is 0.647. The van der Waals surface area contributed by atoms with Gasteiger partial charge < -0.3 is 14.2 Å². The van der Waals surface area contributed by atoms with E-state index in [4.69, 9.17) is 14.2 Å². The maximum atomic E-state index is 11.9. The smallest absolute Gasteiger partial charge is 0.348 e. The van der Waals surface area contributed by atoms with Crippen LogP contribution in [0.4, 0.5) is 0 Å². The lowest BCUT2D eigenvalue weighted by molar-refractivity contribution is -0.143. The van der Waals surface area contributed by atoms with Crippen molar-refractivity contribution in [2.75, 3.05) is 27.4 Å². The van der Waals surface area contributed by atoms with Crippen LogP contribution >= 0.6 is 23.1 Å². The Hall–Kier alpha value is -1.09. The Kier molecular flexibility index (Phi) is 7.74. The number of esters is 2. The molecule has 1 N–H and O–H groups in total. The fourth-order valence-corrected chi connectivity index (χ4v) is 5.22. The Bertz CT molecular complexity index is 604. The first-order chi connectivity index (χ1) is 12.0. The van der Waals surface area contributed by atoms with Crippen LogP contribution in [0.25, 0.3) is 0 Å². The van der Waals surface area contributed by atoms with Gasteiger partial charge in [-0.15, -0.1) is 23.1 Å². The van der Waals surface area contributed by atoms with Crippen LogP contribution in [-0.2, 0) is 25.4 Å². The molecule has 3 atom stereocenters. The summed E-state index contributed by atoms with van der Waals surface area (Å²) in [5.74, 6) is -0.532. The highest BCUT2D eigenvalue weighted by atomic mass is 32.2. The molecule has 1 saturated heterocycles. The van der Waals surface area contributed by atoms with Crippen molar-refractivity contribution in [1.82, 2.24) is 5.32 Å². The minimum absolute atomic E-state index is 0.260. The third-order valence-corrected chi connectivity index (χ3v) is 6.84. The molecular weight excluding hydrogens is 362 g/mol. The molecule has 1 aromatic heterocycles. The molecule has 8 heteroatoms. The Morgan fingerprint density at radius 2 is 2.12 bits per heavy atom. The van der Waals surface area contributed by atoms with Gasteiger partial charge in [-0.3, -0.25) is 10.1 Å². The average Bonchev–Trinajstić information content (AvgIpc) is 3.00. The molecule has 6 nitrogen and oxygen atoms in total. The van der Waals surface area contributed by atoms with Crippen LogP contribution in [0.2, 0.25) is 0 Å². The van der Waals surface area contributed by atoms with Gasteiger partial charge in [-0.25, -0.2) is 4.79 Å². The van der Waals surface area contributed by atoms with Gasteiger partial charge in [0.05, 0.1) is 13.7 Å². The lowest BCUT2D eigenvalue weighted by atomic mass is 10.1. The highest BCUT2D eigenvalue weighted by Gasteiger charge is 2.36. The first kappa shape index (κ1) is 20.2. The second-order valence-corrected chi connectivity index (χ2v) is 8.33. The summed E-state index contributed by atoms with van der Waals surface area (Å²) in [6, 6.07) is 1.89. The van der Waals surface area contributed by atoms with E-state index in [9.17, 15) is 9.59 Å². The van der Waals surface area contributed by atoms with Crippen molar-refractivity contribution in [1.29, 1.82) is 0 Å². The number of methoxy groups -OCH3 is 2. The molecule has 0 aliphatic carbocycles. The Morgan fingerprint density at radius 1 is 1.36 bits per heavy atom. The standard InChI is InChI=1S/C17H25NO5S2/c1-5-23-16(19)13-8-10(2)12(25-13)7-6-11-9-18-15(21-3)14(24-11)17(20)22-4/h8,11,14-15,18H,5-7,9H2,1-4H3/t11-,14?,15?/m0/s1. The first-order valence-corrected chi connectivity index (χ1v) is 10.0. The van der Waals surface area contributed by atoms with Gasteiger partial charge in [0.15, 0.2) is 0 Å². The molecule has 1 fully saturated rings. The van der Waals surface area contributed by atoms with E-state index in [1.165, 1.54) is 23.3 Å². The molecule has 140 valence electrons. The number of hydrogen-bond acceptors (Lipinski definition) is 8. The molecule has 2 heterocycles. The average molecular weight is 388 g/mol. The van der Waals surface area contributed by atoms with Gasteiger partial charge in [-0.05, 0) is 38.3 Å². The first-order valence-electron chi connectivity index (χ1n) is 8.26. The molecule has 1 aliphatic rings. The summed E-state index contributed by atoms with van der Waals surface area (Å²) >= 11 is 3.09. The largest absolute Gasteiger partial charge is 0.468 e. The zero-order chi connectivity index (χ0) is 18.4.